The van der Waals surface area contributed by atoms with E-state index in [0.29, 0.717) is 13.1 Å². The number of hydrogen-bond donors (Lipinski definition) is 0. The minimum atomic E-state index is -5.65. The van der Waals surface area contributed by atoms with Gasteiger partial charge in [0.25, 0.3) is 11.6 Å². The largest absolute Gasteiger partial charge is 1.00 e. The Morgan fingerprint density at radius 1 is 1.28 bits per heavy atom. The number of nitro benzene ring substituents is 1. The number of nitriles is 1. The zero-order valence-corrected chi connectivity index (χ0v) is 23.6. The monoisotopic (exact) mass is 451 g/mol. The van der Waals surface area contributed by atoms with E-state index in [9.17, 15) is 34.4 Å². The Morgan fingerprint density at radius 3 is 2.17 bits per heavy atom. The van der Waals surface area contributed by atoms with Crippen LogP contribution in [0.15, 0.2) is 17.7 Å². The van der Waals surface area contributed by atoms with Crippen molar-refractivity contribution in [1.29, 1.82) is 5.26 Å². The number of hydrogen-bond acceptors (Lipinski definition) is 9. The van der Waals surface area contributed by atoms with E-state index < -0.39 is 41.4 Å². The number of nitrogens with zero attached hydrogens (tertiary/aromatic N) is 3. The first-order valence-corrected chi connectivity index (χ1v) is 8.62. The number of likely N-dealkylation sites (N-methyl/N-ethyl adjacent to an activating group) is 1. The molecule has 0 saturated heterocycles. The van der Waals surface area contributed by atoms with Crippen molar-refractivity contribution in [2.45, 2.75) is 13.8 Å². The van der Waals surface area contributed by atoms with Crippen LogP contribution in [0.25, 0.3) is 6.08 Å². The van der Waals surface area contributed by atoms with Crippen LogP contribution in [-0.4, -0.2) is 28.8 Å². The summed E-state index contributed by atoms with van der Waals surface area (Å²) in [5.74, 6) is -3.17. The number of benzene rings is 1. The normalized spacial score (nSPS) is 10.4. The summed E-state index contributed by atoms with van der Waals surface area (Å²) in [5.41, 5.74) is -1.70. The van der Waals surface area contributed by atoms with Gasteiger partial charge in [-0.1, -0.05) is 0 Å². The minimum absolute atomic E-state index is 0. The van der Waals surface area contributed by atoms with E-state index in [0.717, 1.165) is 18.2 Å². The molecule has 0 heterocycles. The predicted octanol–water partition coefficient (Wildman–Crippen LogP) is -9.34. The van der Waals surface area contributed by atoms with Crippen molar-refractivity contribution in [3.05, 3.63) is 33.4 Å². The van der Waals surface area contributed by atoms with Crippen LogP contribution in [0.5, 0.6) is 11.5 Å². The van der Waals surface area contributed by atoms with Gasteiger partial charge in [0.05, 0.1) is 4.92 Å². The number of phosphoric ester groups is 1. The minimum Gasteiger partial charge on any atom is -0.865 e. The van der Waals surface area contributed by atoms with E-state index in [2.05, 4.69) is 4.52 Å². The molecular formula is C14H13N3Na3O8P. The number of carbonyl (C=O) groups is 1. The third-order valence-electron chi connectivity index (χ3n) is 3.18. The first-order valence-electron chi connectivity index (χ1n) is 7.16. The van der Waals surface area contributed by atoms with Crippen LogP contribution in [0.2, 0.25) is 0 Å². The van der Waals surface area contributed by atoms with Crippen molar-refractivity contribution in [2.24, 2.45) is 0 Å². The van der Waals surface area contributed by atoms with Gasteiger partial charge in [-0.05, 0) is 31.6 Å². The molecule has 0 N–H and O–H groups in total. The fourth-order valence-electron chi connectivity index (χ4n) is 2.01. The molecule has 0 aliphatic rings. The molecule has 11 nitrogen and oxygen atoms in total. The summed E-state index contributed by atoms with van der Waals surface area (Å²) in [7, 11) is -5.65. The van der Waals surface area contributed by atoms with Crippen LogP contribution < -0.4 is 108 Å². The van der Waals surface area contributed by atoms with Gasteiger partial charge in [0.1, 0.15) is 25.2 Å². The second-order valence-electron chi connectivity index (χ2n) is 4.81. The molecule has 140 valence electrons. The van der Waals surface area contributed by atoms with Crippen LogP contribution >= 0.6 is 7.82 Å². The van der Waals surface area contributed by atoms with E-state index >= 15 is 0 Å². The molecule has 0 fully saturated rings. The Balaban J connectivity index is -0.00000225. The molecule has 15 heteroatoms. The third kappa shape index (κ3) is 10.3. The van der Waals surface area contributed by atoms with Crippen molar-refractivity contribution in [1.82, 2.24) is 4.90 Å². The van der Waals surface area contributed by atoms with E-state index in [1.807, 2.05) is 0 Å². The molecule has 1 aromatic carbocycles. The Morgan fingerprint density at radius 2 is 1.79 bits per heavy atom. The van der Waals surface area contributed by atoms with Crippen LogP contribution in [0.4, 0.5) is 5.69 Å². The zero-order chi connectivity index (χ0) is 20.1. The molecule has 0 aromatic heterocycles. The Kier molecular flexibility index (Phi) is 17.4. The van der Waals surface area contributed by atoms with Gasteiger partial charge in [-0.15, -0.1) is 0 Å². The van der Waals surface area contributed by atoms with Crippen LogP contribution in [0.3, 0.4) is 0 Å². The molecule has 0 bridgehead atoms. The molecule has 0 unspecified atom stereocenters. The Hall–Kier alpha value is 0.0700. The second-order valence-corrected chi connectivity index (χ2v) is 5.89. The quantitative estimate of drug-likeness (QED) is 0.0970. The van der Waals surface area contributed by atoms with Gasteiger partial charge in [-0.3, -0.25) is 14.9 Å². The summed E-state index contributed by atoms with van der Waals surface area (Å²) < 4.78 is 14.7. The van der Waals surface area contributed by atoms with Crippen molar-refractivity contribution < 1.29 is 122 Å². The standard InChI is InChI=1S/C14H16N3O8P.3Na/c1-3-16(4-2)14(19)10(8-15)5-9-6-11(17(20)21)13(18)12(7-9)25-26(22,23)24;;;/h5-7,18H,3-4H2,1-2H3,(H2,22,23,24);;;/q;3*+1/p-3/b10-5+;;;. The topological polar surface area (TPSA) is 183 Å². The Bertz CT molecular complexity index is 849. The van der Waals surface area contributed by atoms with E-state index in [1.54, 1.807) is 19.9 Å². The second kappa shape index (κ2) is 15.0. The summed E-state index contributed by atoms with van der Waals surface area (Å²) in [4.78, 5) is 44.8. The number of phosphoric acid groups is 1. The van der Waals surface area contributed by atoms with Gasteiger partial charge in [0.15, 0.2) is 0 Å². The molecule has 0 spiro atoms. The molecule has 1 amide bonds. The smallest absolute Gasteiger partial charge is 0.865 e. The Labute approximate surface area is 233 Å². The fourth-order valence-corrected chi connectivity index (χ4v) is 2.38. The molecule has 29 heavy (non-hydrogen) atoms. The maximum atomic E-state index is 12.2. The summed E-state index contributed by atoms with van der Waals surface area (Å²) in [6, 6.07) is 3.10. The number of rotatable bonds is 7. The van der Waals surface area contributed by atoms with Gasteiger partial charge in [0, 0.05) is 24.9 Å². The summed E-state index contributed by atoms with van der Waals surface area (Å²) in [6.45, 7) is 3.97. The first-order chi connectivity index (χ1) is 12.0. The molecule has 0 atom stereocenters. The van der Waals surface area contributed by atoms with Gasteiger partial charge >= 0.3 is 88.7 Å². The van der Waals surface area contributed by atoms with Crippen LogP contribution in [-0.2, 0) is 9.36 Å². The number of amides is 1. The molecular weight excluding hydrogens is 438 g/mol. The van der Waals surface area contributed by atoms with Gasteiger partial charge in [0.2, 0.25) is 0 Å². The third-order valence-corrected chi connectivity index (χ3v) is 3.60. The SMILES string of the molecule is CCN(CC)C(=O)/C(C#N)=C/c1cc(OP(=O)([O-])[O-])c([O-])c([N+](=O)[O-])c1.[Na+].[Na+].[Na+]. The maximum absolute atomic E-state index is 12.2. The first kappa shape index (κ1) is 33.7. The number of carbonyl (C=O) groups excluding carboxylic acids is 1. The van der Waals surface area contributed by atoms with Gasteiger partial charge in [-0.2, -0.15) is 5.26 Å². The van der Waals surface area contributed by atoms with Crippen LogP contribution in [0, 0.1) is 21.4 Å². The van der Waals surface area contributed by atoms with E-state index in [1.165, 1.54) is 4.90 Å². The number of nitro groups is 1. The molecule has 0 aliphatic carbocycles. The van der Waals surface area contributed by atoms with Crippen LogP contribution in [0.1, 0.15) is 19.4 Å². The summed E-state index contributed by atoms with van der Waals surface area (Å²) in [5, 5.41) is 31.9. The summed E-state index contributed by atoms with van der Waals surface area (Å²) in [6.07, 6.45) is 0.931. The average molecular weight is 451 g/mol. The van der Waals surface area contributed by atoms with Gasteiger partial charge < -0.3 is 28.9 Å². The van der Waals surface area contributed by atoms with E-state index in [-0.39, 0.29) is 94.2 Å². The van der Waals surface area contributed by atoms with Gasteiger partial charge in [-0.25, -0.2) is 0 Å². The van der Waals surface area contributed by atoms with Crippen molar-refractivity contribution >= 4 is 25.5 Å². The molecule has 0 radical (unpaired) electrons. The zero-order valence-electron chi connectivity index (χ0n) is 16.7. The predicted molar refractivity (Wildman–Crippen MR) is 82.3 cm³/mol. The van der Waals surface area contributed by atoms with E-state index in [4.69, 9.17) is 5.26 Å². The van der Waals surface area contributed by atoms with Crippen molar-refractivity contribution in [3.8, 4) is 17.6 Å². The molecule has 0 aliphatic heterocycles. The van der Waals surface area contributed by atoms with Crippen molar-refractivity contribution in [2.75, 3.05) is 13.1 Å². The molecule has 0 saturated carbocycles. The maximum Gasteiger partial charge on any atom is 1.00 e. The average Bonchev–Trinajstić information content (AvgIpc) is 2.54. The van der Waals surface area contributed by atoms with Crippen molar-refractivity contribution in [3.63, 3.8) is 0 Å². The summed E-state index contributed by atoms with van der Waals surface area (Å²) >= 11 is 0. The molecule has 1 aromatic rings. The fraction of sp³-hybridized carbons (Fsp3) is 0.286. The molecule has 1 rings (SSSR count).